The predicted molar refractivity (Wildman–Crippen MR) is 85.6 cm³/mol. The third-order valence-corrected chi connectivity index (χ3v) is 4.32. The van der Waals surface area contributed by atoms with Crippen LogP contribution < -0.4 is 15.6 Å². The smallest absolute Gasteiger partial charge is 0.279 e. The van der Waals surface area contributed by atoms with Crippen LogP contribution in [0.4, 0.5) is 4.39 Å². The Bertz CT molecular complexity index is 675. The first-order valence-electron chi connectivity index (χ1n) is 8.25. The number of rotatable bonds is 5. The number of nitrogens with zero attached hydrogens (tertiary/aromatic N) is 1. The molecule has 2 fully saturated rings. The number of hydrazine groups is 1. The largest absolute Gasteiger partial charge is 0.481 e. The molecule has 0 radical (unpaired) electrons. The molecule has 1 aromatic carbocycles. The van der Waals surface area contributed by atoms with Gasteiger partial charge in [-0.3, -0.25) is 25.2 Å². The molecule has 0 aromatic heterocycles. The molecule has 1 heterocycles. The van der Waals surface area contributed by atoms with Crippen molar-refractivity contribution in [3.8, 4) is 5.75 Å². The molecule has 2 atom stereocenters. The van der Waals surface area contributed by atoms with Gasteiger partial charge in [0.2, 0.25) is 11.8 Å². The molecule has 3 amide bonds. The Kier molecular flexibility index (Phi) is 4.87. The van der Waals surface area contributed by atoms with Crippen LogP contribution in [-0.4, -0.2) is 41.3 Å². The normalized spacial score (nSPS) is 21.0. The zero-order valence-electron chi connectivity index (χ0n) is 13.8. The molecule has 7 nitrogen and oxygen atoms in total. The van der Waals surface area contributed by atoms with Gasteiger partial charge in [-0.05, 0) is 44.0 Å². The number of ether oxygens (including phenoxy) is 1. The van der Waals surface area contributed by atoms with E-state index in [1.165, 1.54) is 31.2 Å². The lowest BCUT2D eigenvalue weighted by Crippen LogP contribution is -2.49. The standard InChI is InChI=1S/C17H20FN3O4/c1-10(25-14-6-2-12(18)3-7-14)16(23)19-20-17(24)11-8-15(22)21(9-11)13-4-5-13/h2-3,6-7,10-11,13H,4-5,8-9H2,1H3,(H,19,23)(H,20,24)/t10-,11+/m0/s1. The molecule has 0 bridgehead atoms. The van der Waals surface area contributed by atoms with Gasteiger partial charge in [-0.15, -0.1) is 0 Å². The van der Waals surface area contributed by atoms with Gasteiger partial charge >= 0.3 is 0 Å². The van der Waals surface area contributed by atoms with Crippen LogP contribution >= 0.6 is 0 Å². The molecule has 2 aliphatic rings. The van der Waals surface area contributed by atoms with Gasteiger partial charge in [0.1, 0.15) is 11.6 Å². The van der Waals surface area contributed by atoms with Crippen molar-refractivity contribution in [2.75, 3.05) is 6.54 Å². The van der Waals surface area contributed by atoms with E-state index in [1.807, 2.05) is 0 Å². The Morgan fingerprint density at radius 2 is 1.92 bits per heavy atom. The Balaban J connectivity index is 1.44. The monoisotopic (exact) mass is 349 g/mol. The van der Waals surface area contributed by atoms with Crippen molar-refractivity contribution < 1.29 is 23.5 Å². The summed E-state index contributed by atoms with van der Waals surface area (Å²) >= 11 is 0. The minimum atomic E-state index is -0.876. The molecule has 134 valence electrons. The lowest BCUT2D eigenvalue weighted by Gasteiger charge is -2.17. The second-order valence-electron chi connectivity index (χ2n) is 6.37. The van der Waals surface area contributed by atoms with Gasteiger partial charge in [-0.25, -0.2) is 4.39 Å². The minimum absolute atomic E-state index is 0.0120. The van der Waals surface area contributed by atoms with Crippen LogP contribution in [0.2, 0.25) is 0 Å². The van der Waals surface area contributed by atoms with Crippen LogP contribution in [0.3, 0.4) is 0 Å². The molecule has 3 rings (SSSR count). The van der Waals surface area contributed by atoms with E-state index in [1.54, 1.807) is 4.90 Å². The summed E-state index contributed by atoms with van der Waals surface area (Å²) < 4.78 is 18.2. The van der Waals surface area contributed by atoms with Crippen LogP contribution in [0.5, 0.6) is 5.75 Å². The highest BCUT2D eigenvalue weighted by Gasteiger charge is 2.41. The Morgan fingerprint density at radius 3 is 2.56 bits per heavy atom. The molecule has 1 saturated carbocycles. The Hall–Kier alpha value is -2.64. The second kappa shape index (κ2) is 7.08. The number of carbonyl (C=O) groups is 3. The van der Waals surface area contributed by atoms with Gasteiger partial charge in [-0.1, -0.05) is 0 Å². The van der Waals surface area contributed by atoms with E-state index in [-0.39, 0.29) is 24.3 Å². The fraction of sp³-hybridized carbons (Fsp3) is 0.471. The molecule has 0 unspecified atom stereocenters. The second-order valence-corrected chi connectivity index (χ2v) is 6.37. The summed E-state index contributed by atoms with van der Waals surface area (Å²) in [5.74, 6) is -1.46. The molecule has 1 saturated heterocycles. The van der Waals surface area contributed by atoms with Gasteiger partial charge < -0.3 is 9.64 Å². The molecule has 1 aromatic rings. The van der Waals surface area contributed by atoms with Crippen LogP contribution in [-0.2, 0) is 14.4 Å². The molecule has 1 aliphatic heterocycles. The first kappa shape index (κ1) is 17.2. The maximum Gasteiger partial charge on any atom is 0.279 e. The van der Waals surface area contributed by atoms with Crippen molar-refractivity contribution in [2.45, 2.75) is 38.3 Å². The van der Waals surface area contributed by atoms with E-state index in [9.17, 15) is 18.8 Å². The van der Waals surface area contributed by atoms with E-state index < -0.39 is 23.7 Å². The van der Waals surface area contributed by atoms with E-state index in [4.69, 9.17) is 4.74 Å². The first-order valence-corrected chi connectivity index (χ1v) is 8.25. The average Bonchev–Trinajstić information content (AvgIpc) is 3.36. The highest BCUT2D eigenvalue weighted by molar-refractivity contribution is 5.91. The van der Waals surface area contributed by atoms with Crippen LogP contribution in [0.25, 0.3) is 0 Å². The number of carbonyl (C=O) groups excluding carboxylic acids is 3. The molecule has 0 spiro atoms. The quantitative estimate of drug-likeness (QED) is 0.768. The lowest BCUT2D eigenvalue weighted by molar-refractivity contribution is -0.134. The maximum atomic E-state index is 12.8. The zero-order valence-corrected chi connectivity index (χ0v) is 13.8. The Labute approximate surface area is 144 Å². The molecule has 1 aliphatic carbocycles. The van der Waals surface area contributed by atoms with E-state index in [0.29, 0.717) is 12.3 Å². The number of halogens is 1. The van der Waals surface area contributed by atoms with Crippen LogP contribution in [0.1, 0.15) is 26.2 Å². The average molecular weight is 349 g/mol. The maximum absolute atomic E-state index is 12.8. The third kappa shape index (κ3) is 4.26. The summed E-state index contributed by atoms with van der Waals surface area (Å²) in [4.78, 5) is 37.7. The molecular weight excluding hydrogens is 329 g/mol. The van der Waals surface area contributed by atoms with Gasteiger partial charge in [0.15, 0.2) is 6.10 Å². The highest BCUT2D eigenvalue weighted by atomic mass is 19.1. The van der Waals surface area contributed by atoms with E-state index in [2.05, 4.69) is 10.9 Å². The van der Waals surface area contributed by atoms with Crippen molar-refractivity contribution >= 4 is 17.7 Å². The van der Waals surface area contributed by atoms with Crippen molar-refractivity contribution in [1.29, 1.82) is 0 Å². The summed E-state index contributed by atoms with van der Waals surface area (Å²) in [6.07, 6.45) is 1.28. The van der Waals surface area contributed by atoms with Gasteiger partial charge in [0, 0.05) is 19.0 Å². The molecular formula is C17H20FN3O4. The van der Waals surface area contributed by atoms with Crippen molar-refractivity contribution in [3.05, 3.63) is 30.1 Å². The lowest BCUT2D eigenvalue weighted by atomic mass is 10.1. The number of hydrogen-bond donors (Lipinski definition) is 2. The minimum Gasteiger partial charge on any atom is -0.481 e. The summed E-state index contributed by atoms with van der Waals surface area (Å²) in [7, 11) is 0. The number of nitrogens with one attached hydrogen (secondary N) is 2. The summed E-state index contributed by atoms with van der Waals surface area (Å²) in [5.41, 5.74) is 4.64. The third-order valence-electron chi connectivity index (χ3n) is 4.32. The van der Waals surface area contributed by atoms with Crippen LogP contribution in [0, 0.1) is 11.7 Å². The first-order chi connectivity index (χ1) is 11.9. The van der Waals surface area contributed by atoms with E-state index >= 15 is 0 Å². The van der Waals surface area contributed by atoms with Crippen molar-refractivity contribution in [2.24, 2.45) is 5.92 Å². The number of benzene rings is 1. The zero-order chi connectivity index (χ0) is 18.0. The molecule has 2 N–H and O–H groups in total. The number of hydrogen-bond acceptors (Lipinski definition) is 4. The summed E-state index contributed by atoms with van der Waals surface area (Å²) in [5, 5.41) is 0. The summed E-state index contributed by atoms with van der Waals surface area (Å²) in [6.45, 7) is 1.91. The molecule has 8 heteroatoms. The number of likely N-dealkylation sites (tertiary alicyclic amines) is 1. The Morgan fingerprint density at radius 1 is 1.24 bits per heavy atom. The van der Waals surface area contributed by atoms with Crippen LogP contribution in [0.15, 0.2) is 24.3 Å². The van der Waals surface area contributed by atoms with Crippen molar-refractivity contribution in [3.63, 3.8) is 0 Å². The molecule has 25 heavy (non-hydrogen) atoms. The van der Waals surface area contributed by atoms with Gasteiger partial charge in [-0.2, -0.15) is 0 Å². The topological polar surface area (TPSA) is 87.7 Å². The fourth-order valence-electron chi connectivity index (χ4n) is 2.74. The van der Waals surface area contributed by atoms with Gasteiger partial charge in [0.25, 0.3) is 5.91 Å². The number of amides is 3. The fourth-order valence-corrected chi connectivity index (χ4v) is 2.74. The van der Waals surface area contributed by atoms with Crippen molar-refractivity contribution in [1.82, 2.24) is 15.8 Å². The predicted octanol–water partition coefficient (Wildman–Crippen LogP) is 0.751. The highest BCUT2D eigenvalue weighted by Crippen LogP contribution is 2.32. The summed E-state index contributed by atoms with van der Waals surface area (Å²) in [6, 6.07) is 5.56. The van der Waals surface area contributed by atoms with E-state index in [0.717, 1.165) is 12.8 Å². The SMILES string of the molecule is C[C@H](Oc1ccc(F)cc1)C(=O)NNC(=O)[C@@H]1CC(=O)N(C2CC2)C1. The van der Waals surface area contributed by atoms with Gasteiger partial charge in [0.05, 0.1) is 5.92 Å².